The first-order valence-electron chi connectivity index (χ1n) is 5.85. The second-order valence-electron chi connectivity index (χ2n) is 5.30. The molecule has 0 unspecified atom stereocenters. The molecule has 4 nitrogen and oxygen atoms in total. The molecule has 0 aliphatic heterocycles. The number of rotatable bonds is 4. The predicted molar refractivity (Wildman–Crippen MR) is 73.6 cm³/mol. The molecule has 0 aliphatic rings. The summed E-state index contributed by atoms with van der Waals surface area (Å²) in [5.41, 5.74) is -0.269. The van der Waals surface area contributed by atoms with Crippen LogP contribution in [0.5, 0.6) is 0 Å². The second-order valence-corrected chi connectivity index (χ2v) is 6.34. The highest BCUT2D eigenvalue weighted by atomic mass is 32.1. The van der Waals surface area contributed by atoms with E-state index in [2.05, 4.69) is 5.32 Å². The molecule has 1 rings (SSSR count). The van der Waals surface area contributed by atoms with Gasteiger partial charge in [-0.1, -0.05) is 6.07 Å². The number of nitrogens with zero attached hydrogens (tertiary/aromatic N) is 1. The van der Waals surface area contributed by atoms with Crippen molar-refractivity contribution in [1.29, 1.82) is 0 Å². The fourth-order valence-corrected chi connectivity index (χ4v) is 2.15. The fraction of sp³-hybridized carbons (Fsp3) is 0.538. The van der Waals surface area contributed by atoms with Gasteiger partial charge in [0.1, 0.15) is 0 Å². The lowest BCUT2D eigenvalue weighted by Gasteiger charge is -2.23. The highest BCUT2D eigenvalue weighted by Gasteiger charge is 2.17. The molecule has 0 aliphatic carbocycles. The van der Waals surface area contributed by atoms with Gasteiger partial charge in [0.25, 0.3) is 0 Å². The molecule has 0 spiro atoms. The zero-order valence-corrected chi connectivity index (χ0v) is 12.1. The SMILES string of the molecule is CN(CC(=O)NC(C)(C)C)C(=O)Cc1cccs1. The summed E-state index contributed by atoms with van der Waals surface area (Å²) in [6, 6.07) is 3.84. The lowest BCUT2D eigenvalue weighted by molar-refractivity contribution is -0.134. The van der Waals surface area contributed by atoms with Gasteiger partial charge in [-0.15, -0.1) is 11.3 Å². The van der Waals surface area contributed by atoms with Crippen molar-refractivity contribution in [3.63, 3.8) is 0 Å². The summed E-state index contributed by atoms with van der Waals surface area (Å²) < 4.78 is 0. The van der Waals surface area contributed by atoms with E-state index in [1.165, 1.54) is 4.90 Å². The van der Waals surface area contributed by atoms with Crippen LogP contribution < -0.4 is 5.32 Å². The van der Waals surface area contributed by atoms with Gasteiger partial charge in [-0.3, -0.25) is 9.59 Å². The second kappa shape index (κ2) is 6.00. The van der Waals surface area contributed by atoms with Crippen molar-refractivity contribution < 1.29 is 9.59 Å². The Kier molecular flexibility index (Phi) is 4.90. The third-order valence-electron chi connectivity index (χ3n) is 2.23. The van der Waals surface area contributed by atoms with E-state index in [9.17, 15) is 9.59 Å². The Labute approximate surface area is 112 Å². The maximum absolute atomic E-state index is 11.9. The highest BCUT2D eigenvalue weighted by Crippen LogP contribution is 2.10. The minimum Gasteiger partial charge on any atom is -0.350 e. The summed E-state index contributed by atoms with van der Waals surface area (Å²) in [5, 5.41) is 4.77. The van der Waals surface area contributed by atoms with Crippen LogP contribution in [0.2, 0.25) is 0 Å². The van der Waals surface area contributed by atoms with E-state index in [0.29, 0.717) is 6.42 Å². The van der Waals surface area contributed by atoms with Crippen LogP contribution in [0.4, 0.5) is 0 Å². The van der Waals surface area contributed by atoms with Crippen LogP contribution in [-0.2, 0) is 16.0 Å². The molecule has 0 atom stereocenters. The molecule has 1 N–H and O–H groups in total. The van der Waals surface area contributed by atoms with Gasteiger partial charge < -0.3 is 10.2 Å². The van der Waals surface area contributed by atoms with Crippen LogP contribution in [0.25, 0.3) is 0 Å². The molecule has 0 fully saturated rings. The largest absolute Gasteiger partial charge is 0.350 e. The standard InChI is InChI=1S/C13H20N2O2S/c1-13(2,3)14-11(16)9-15(4)12(17)8-10-6-5-7-18-10/h5-7H,8-9H2,1-4H3,(H,14,16). The summed E-state index contributed by atoms with van der Waals surface area (Å²) in [6.45, 7) is 5.84. The third-order valence-corrected chi connectivity index (χ3v) is 3.10. The molecule has 1 aromatic rings. The number of hydrogen-bond donors (Lipinski definition) is 1. The first-order valence-corrected chi connectivity index (χ1v) is 6.73. The molecular formula is C13H20N2O2S. The summed E-state index contributed by atoms with van der Waals surface area (Å²) in [4.78, 5) is 26.0. The Balaban J connectivity index is 2.42. The normalized spacial score (nSPS) is 11.1. The zero-order valence-electron chi connectivity index (χ0n) is 11.3. The Morgan fingerprint density at radius 1 is 1.39 bits per heavy atom. The minimum atomic E-state index is -0.269. The van der Waals surface area contributed by atoms with Crippen LogP contribution in [0, 0.1) is 0 Å². The first kappa shape index (κ1) is 14.7. The number of carbonyl (C=O) groups is 2. The van der Waals surface area contributed by atoms with Crippen LogP contribution >= 0.6 is 11.3 Å². The van der Waals surface area contributed by atoms with Crippen molar-refractivity contribution >= 4 is 23.2 Å². The molecule has 100 valence electrons. The Morgan fingerprint density at radius 2 is 2.06 bits per heavy atom. The lowest BCUT2D eigenvalue weighted by atomic mass is 10.1. The quantitative estimate of drug-likeness (QED) is 0.903. The molecule has 1 aromatic heterocycles. The number of likely N-dealkylation sites (N-methyl/N-ethyl adjacent to an activating group) is 1. The Hall–Kier alpha value is -1.36. The predicted octanol–water partition coefficient (Wildman–Crippen LogP) is 1.66. The molecule has 0 aromatic carbocycles. The molecule has 18 heavy (non-hydrogen) atoms. The van der Waals surface area contributed by atoms with Crippen LogP contribution in [-0.4, -0.2) is 35.8 Å². The van der Waals surface area contributed by atoms with E-state index >= 15 is 0 Å². The maximum Gasteiger partial charge on any atom is 0.240 e. The average molecular weight is 268 g/mol. The van der Waals surface area contributed by atoms with Gasteiger partial charge in [-0.05, 0) is 32.2 Å². The van der Waals surface area contributed by atoms with E-state index in [1.807, 2.05) is 38.3 Å². The molecule has 0 radical (unpaired) electrons. The van der Waals surface area contributed by atoms with Crippen molar-refractivity contribution in [1.82, 2.24) is 10.2 Å². The highest BCUT2D eigenvalue weighted by molar-refractivity contribution is 7.10. The smallest absolute Gasteiger partial charge is 0.240 e. The van der Waals surface area contributed by atoms with Crippen molar-refractivity contribution in [2.45, 2.75) is 32.7 Å². The van der Waals surface area contributed by atoms with E-state index in [-0.39, 0.29) is 23.9 Å². The van der Waals surface area contributed by atoms with Crippen LogP contribution in [0.1, 0.15) is 25.6 Å². The van der Waals surface area contributed by atoms with E-state index in [1.54, 1.807) is 18.4 Å². The monoisotopic (exact) mass is 268 g/mol. The third kappa shape index (κ3) is 5.31. The summed E-state index contributed by atoms with van der Waals surface area (Å²) >= 11 is 1.55. The van der Waals surface area contributed by atoms with E-state index in [0.717, 1.165) is 4.88 Å². The van der Waals surface area contributed by atoms with Gasteiger partial charge in [0, 0.05) is 17.5 Å². The van der Waals surface area contributed by atoms with Gasteiger partial charge in [0.15, 0.2) is 0 Å². The number of carbonyl (C=O) groups excluding carboxylic acids is 2. The number of hydrogen-bond acceptors (Lipinski definition) is 3. The molecule has 2 amide bonds. The molecule has 5 heteroatoms. The van der Waals surface area contributed by atoms with Gasteiger partial charge in [0.05, 0.1) is 13.0 Å². The van der Waals surface area contributed by atoms with Crippen molar-refractivity contribution in [2.24, 2.45) is 0 Å². The average Bonchev–Trinajstić information content (AvgIpc) is 2.66. The topological polar surface area (TPSA) is 49.4 Å². The van der Waals surface area contributed by atoms with E-state index in [4.69, 9.17) is 0 Å². The zero-order chi connectivity index (χ0) is 13.8. The van der Waals surface area contributed by atoms with Gasteiger partial charge in [-0.25, -0.2) is 0 Å². The van der Waals surface area contributed by atoms with E-state index < -0.39 is 0 Å². The summed E-state index contributed by atoms with van der Waals surface area (Å²) in [5.74, 6) is -0.175. The summed E-state index contributed by atoms with van der Waals surface area (Å²) in [7, 11) is 1.65. The lowest BCUT2D eigenvalue weighted by Crippen LogP contribution is -2.46. The fourth-order valence-electron chi connectivity index (χ4n) is 1.46. The number of thiophene rings is 1. The number of amides is 2. The van der Waals surface area contributed by atoms with Gasteiger partial charge >= 0.3 is 0 Å². The molecule has 0 saturated carbocycles. The minimum absolute atomic E-state index is 0.0403. The Bertz CT molecular complexity index is 407. The van der Waals surface area contributed by atoms with Gasteiger partial charge in [0.2, 0.25) is 11.8 Å². The van der Waals surface area contributed by atoms with Crippen LogP contribution in [0.3, 0.4) is 0 Å². The molecular weight excluding hydrogens is 248 g/mol. The van der Waals surface area contributed by atoms with Crippen molar-refractivity contribution in [2.75, 3.05) is 13.6 Å². The summed E-state index contributed by atoms with van der Waals surface area (Å²) in [6.07, 6.45) is 0.358. The maximum atomic E-state index is 11.9. The van der Waals surface area contributed by atoms with Crippen molar-refractivity contribution in [3.8, 4) is 0 Å². The Morgan fingerprint density at radius 3 is 2.56 bits per heavy atom. The molecule has 0 bridgehead atoms. The van der Waals surface area contributed by atoms with Crippen molar-refractivity contribution in [3.05, 3.63) is 22.4 Å². The van der Waals surface area contributed by atoms with Gasteiger partial charge in [-0.2, -0.15) is 0 Å². The molecule has 1 heterocycles. The number of nitrogens with one attached hydrogen (secondary N) is 1. The first-order chi connectivity index (χ1) is 8.28. The molecule has 0 saturated heterocycles. The van der Waals surface area contributed by atoms with Crippen LogP contribution in [0.15, 0.2) is 17.5 Å².